The van der Waals surface area contributed by atoms with Crippen LogP contribution in [0.3, 0.4) is 0 Å². The number of nitrogens with zero attached hydrogens (tertiary/aromatic N) is 4. The maximum atomic E-state index is 8.67. The predicted octanol–water partition coefficient (Wildman–Crippen LogP) is 2.07. The first kappa shape index (κ1) is 11.6. The molecule has 0 aliphatic carbocycles. The summed E-state index contributed by atoms with van der Waals surface area (Å²) < 4.78 is 2.01. The molecule has 0 bridgehead atoms. The molecule has 2 aromatic heterocycles. The smallest absolute Gasteiger partial charge is 0.137 e. The molecule has 0 N–H and O–H groups in total. The molecule has 0 amide bonds. The Balaban J connectivity index is 2.11. The molecule has 4 nitrogen and oxygen atoms in total. The molecule has 0 aromatic carbocycles. The quantitative estimate of drug-likeness (QED) is 0.804. The van der Waals surface area contributed by atoms with Gasteiger partial charge < -0.3 is 4.40 Å². The van der Waals surface area contributed by atoms with E-state index >= 15 is 0 Å². The van der Waals surface area contributed by atoms with E-state index in [9.17, 15) is 0 Å². The number of pyridine rings is 1. The molecule has 4 heteroatoms. The van der Waals surface area contributed by atoms with Crippen LogP contribution in [0.4, 0.5) is 0 Å². The summed E-state index contributed by atoms with van der Waals surface area (Å²) in [6, 6.07) is 8.40. The van der Waals surface area contributed by atoms with E-state index in [0.717, 1.165) is 17.9 Å². The minimum atomic E-state index is 0.254. The van der Waals surface area contributed by atoms with Crippen molar-refractivity contribution >= 4 is 5.65 Å². The molecule has 0 radical (unpaired) electrons. The minimum absolute atomic E-state index is 0.254. The highest BCUT2D eigenvalue weighted by molar-refractivity contribution is 5.39. The molecule has 1 atom stereocenters. The van der Waals surface area contributed by atoms with Gasteiger partial charge in [-0.15, -0.1) is 0 Å². The summed E-state index contributed by atoms with van der Waals surface area (Å²) in [6.45, 7) is 2.82. The van der Waals surface area contributed by atoms with Crippen LogP contribution in [0, 0.1) is 11.3 Å². The summed E-state index contributed by atoms with van der Waals surface area (Å²) in [6.07, 6.45) is 4.57. The molecule has 0 aliphatic heterocycles. The van der Waals surface area contributed by atoms with Gasteiger partial charge in [-0.25, -0.2) is 4.98 Å². The Bertz CT molecular complexity index is 505. The topological polar surface area (TPSA) is 44.3 Å². The summed E-state index contributed by atoms with van der Waals surface area (Å²) in [5, 5.41) is 8.67. The van der Waals surface area contributed by atoms with Gasteiger partial charge in [0.25, 0.3) is 0 Å². The highest BCUT2D eigenvalue weighted by Crippen LogP contribution is 2.09. The van der Waals surface area contributed by atoms with Crippen molar-refractivity contribution in [3.05, 3.63) is 36.3 Å². The first-order valence-corrected chi connectivity index (χ1v) is 5.70. The van der Waals surface area contributed by atoms with Crippen LogP contribution >= 0.6 is 0 Å². The van der Waals surface area contributed by atoms with Crippen LogP contribution in [0.15, 0.2) is 30.6 Å². The summed E-state index contributed by atoms with van der Waals surface area (Å²) in [5.74, 6) is 0. The van der Waals surface area contributed by atoms with Crippen molar-refractivity contribution < 1.29 is 0 Å². The van der Waals surface area contributed by atoms with E-state index in [1.54, 1.807) is 0 Å². The number of hydrogen-bond donors (Lipinski definition) is 0. The van der Waals surface area contributed by atoms with Crippen molar-refractivity contribution in [2.75, 3.05) is 7.05 Å². The molecule has 0 fully saturated rings. The Morgan fingerprint density at radius 2 is 2.35 bits per heavy atom. The maximum absolute atomic E-state index is 8.67. The van der Waals surface area contributed by atoms with E-state index < -0.39 is 0 Å². The second kappa shape index (κ2) is 4.98. The zero-order valence-electron chi connectivity index (χ0n) is 10.2. The van der Waals surface area contributed by atoms with Gasteiger partial charge in [-0.05, 0) is 26.1 Å². The van der Waals surface area contributed by atoms with Crippen molar-refractivity contribution in [2.24, 2.45) is 0 Å². The summed E-state index contributed by atoms with van der Waals surface area (Å²) in [7, 11) is 2.02. The van der Waals surface area contributed by atoms with Gasteiger partial charge in [0.1, 0.15) is 5.65 Å². The Morgan fingerprint density at radius 3 is 3.06 bits per heavy atom. The highest BCUT2D eigenvalue weighted by Gasteiger charge is 2.10. The Kier molecular flexibility index (Phi) is 3.40. The normalized spacial score (nSPS) is 12.8. The van der Waals surface area contributed by atoms with Crippen molar-refractivity contribution in [3.63, 3.8) is 0 Å². The van der Waals surface area contributed by atoms with E-state index in [4.69, 9.17) is 5.26 Å². The fourth-order valence-electron chi connectivity index (χ4n) is 1.76. The molecular formula is C13H16N4. The van der Waals surface area contributed by atoms with E-state index in [-0.39, 0.29) is 6.04 Å². The van der Waals surface area contributed by atoms with Crippen molar-refractivity contribution in [1.29, 1.82) is 5.26 Å². The fourth-order valence-corrected chi connectivity index (χ4v) is 1.76. The van der Waals surface area contributed by atoms with Crippen LogP contribution in [0.1, 0.15) is 19.0 Å². The molecule has 0 aliphatic rings. The number of aromatic nitrogens is 2. The van der Waals surface area contributed by atoms with Crippen LogP contribution in [0.2, 0.25) is 0 Å². The third kappa shape index (κ3) is 2.63. The van der Waals surface area contributed by atoms with Crippen LogP contribution < -0.4 is 0 Å². The standard InChI is InChI=1S/C13H16N4/c1-11(6-7-14)16(2)9-12-10-17-8-4-3-5-13(17)15-12/h3-5,8,10-11H,6,9H2,1-2H3. The lowest BCUT2D eigenvalue weighted by atomic mass is 10.2. The third-order valence-electron chi connectivity index (χ3n) is 2.96. The molecule has 88 valence electrons. The zero-order chi connectivity index (χ0) is 12.3. The van der Waals surface area contributed by atoms with Gasteiger partial charge in [0.2, 0.25) is 0 Å². The van der Waals surface area contributed by atoms with Crippen LogP contribution in [-0.4, -0.2) is 27.4 Å². The largest absolute Gasteiger partial charge is 0.307 e. The molecule has 0 saturated carbocycles. The first-order chi connectivity index (χ1) is 8.20. The zero-order valence-corrected chi connectivity index (χ0v) is 10.2. The van der Waals surface area contributed by atoms with Gasteiger partial charge in [-0.2, -0.15) is 5.26 Å². The Labute approximate surface area is 101 Å². The number of rotatable bonds is 4. The van der Waals surface area contributed by atoms with E-state index in [1.165, 1.54) is 0 Å². The summed E-state index contributed by atoms with van der Waals surface area (Å²) >= 11 is 0. The highest BCUT2D eigenvalue weighted by atomic mass is 15.1. The van der Waals surface area contributed by atoms with Gasteiger partial charge in [0, 0.05) is 25.0 Å². The average Bonchev–Trinajstić information content (AvgIpc) is 2.71. The van der Waals surface area contributed by atoms with Crippen molar-refractivity contribution in [2.45, 2.75) is 25.9 Å². The number of nitriles is 1. The SMILES string of the molecule is CC(CC#N)N(C)Cc1cn2ccccc2n1. The van der Waals surface area contributed by atoms with Gasteiger partial charge in [-0.3, -0.25) is 4.90 Å². The lowest BCUT2D eigenvalue weighted by molar-refractivity contribution is 0.250. The lowest BCUT2D eigenvalue weighted by Gasteiger charge is -2.21. The van der Waals surface area contributed by atoms with Gasteiger partial charge in [0.15, 0.2) is 0 Å². The molecule has 17 heavy (non-hydrogen) atoms. The second-order valence-corrected chi connectivity index (χ2v) is 4.32. The van der Waals surface area contributed by atoms with E-state index in [0.29, 0.717) is 6.42 Å². The second-order valence-electron chi connectivity index (χ2n) is 4.32. The molecule has 0 saturated heterocycles. The van der Waals surface area contributed by atoms with Gasteiger partial charge in [-0.1, -0.05) is 6.07 Å². The molecule has 0 spiro atoms. The molecule has 2 heterocycles. The van der Waals surface area contributed by atoms with E-state index in [2.05, 4.69) is 22.9 Å². The molecule has 2 aromatic rings. The summed E-state index contributed by atoms with van der Waals surface area (Å²) in [5.41, 5.74) is 1.99. The molecule has 2 rings (SSSR count). The fraction of sp³-hybridized carbons (Fsp3) is 0.385. The number of imidazole rings is 1. The van der Waals surface area contributed by atoms with Crippen LogP contribution in [-0.2, 0) is 6.54 Å². The lowest BCUT2D eigenvalue weighted by Crippen LogP contribution is -2.28. The third-order valence-corrected chi connectivity index (χ3v) is 2.96. The predicted molar refractivity (Wildman–Crippen MR) is 66.4 cm³/mol. The first-order valence-electron chi connectivity index (χ1n) is 5.70. The molecule has 1 unspecified atom stereocenters. The monoisotopic (exact) mass is 228 g/mol. The van der Waals surface area contributed by atoms with Crippen molar-refractivity contribution in [1.82, 2.24) is 14.3 Å². The minimum Gasteiger partial charge on any atom is -0.307 e. The Morgan fingerprint density at radius 1 is 1.53 bits per heavy atom. The Hall–Kier alpha value is -1.86. The molecular weight excluding hydrogens is 212 g/mol. The average molecular weight is 228 g/mol. The van der Waals surface area contributed by atoms with Crippen LogP contribution in [0.25, 0.3) is 5.65 Å². The van der Waals surface area contributed by atoms with Crippen molar-refractivity contribution in [3.8, 4) is 6.07 Å². The van der Waals surface area contributed by atoms with Gasteiger partial charge >= 0.3 is 0 Å². The van der Waals surface area contributed by atoms with Gasteiger partial charge in [0.05, 0.1) is 18.2 Å². The number of fused-ring (bicyclic) bond motifs is 1. The van der Waals surface area contributed by atoms with E-state index in [1.807, 2.05) is 42.0 Å². The maximum Gasteiger partial charge on any atom is 0.137 e. The summed E-state index contributed by atoms with van der Waals surface area (Å²) in [4.78, 5) is 6.68. The number of hydrogen-bond acceptors (Lipinski definition) is 3. The van der Waals surface area contributed by atoms with Crippen LogP contribution in [0.5, 0.6) is 0 Å².